The quantitative estimate of drug-likeness (QED) is 0.662. The Balaban J connectivity index is 1.48. The molecule has 4 fully saturated rings. The molecule has 6 aliphatic rings. The number of carbonyl (C=O) groups excluding carboxylic acids is 1. The predicted molar refractivity (Wildman–Crippen MR) is 94.0 cm³/mol. The van der Waals surface area contributed by atoms with Crippen molar-refractivity contribution in [2.24, 2.45) is 39.9 Å². The van der Waals surface area contributed by atoms with Crippen LogP contribution in [0.3, 0.4) is 0 Å². The summed E-state index contributed by atoms with van der Waals surface area (Å²) >= 11 is 0. The second-order valence-corrected chi connectivity index (χ2v) is 10.7. The Kier molecular flexibility index (Phi) is 2.62. The van der Waals surface area contributed by atoms with Crippen LogP contribution in [0, 0.1) is 39.9 Å². The molecule has 0 unspecified atom stereocenters. The molecule has 0 amide bonds. The first-order chi connectivity index (χ1) is 12.2. The lowest BCUT2D eigenvalue weighted by atomic mass is 9.48. The van der Waals surface area contributed by atoms with Gasteiger partial charge in [-0.2, -0.15) is 0 Å². The monoisotopic (exact) mass is 360 g/mol. The fraction of sp³-hybridized carbons (Fsp3) is 0.864. The zero-order chi connectivity index (χ0) is 18.3. The molecule has 4 aliphatic carbocycles. The largest absolute Gasteiger partial charge is 0.458 e. The van der Waals surface area contributed by atoms with Gasteiger partial charge in [0.1, 0.15) is 18.4 Å². The van der Waals surface area contributed by atoms with E-state index in [2.05, 4.69) is 27.7 Å². The first-order valence-electron chi connectivity index (χ1n) is 10.4. The van der Waals surface area contributed by atoms with E-state index in [0.717, 1.165) is 36.8 Å². The molecule has 8 atom stereocenters. The Bertz CT molecular complexity index is 773. The lowest BCUT2D eigenvalue weighted by molar-refractivity contribution is -0.261. The Morgan fingerprint density at radius 1 is 1.19 bits per heavy atom. The van der Waals surface area contributed by atoms with Crippen LogP contribution in [0.1, 0.15) is 53.4 Å². The van der Waals surface area contributed by atoms with Crippen LogP contribution >= 0.6 is 0 Å². The minimum Gasteiger partial charge on any atom is -0.458 e. The zero-order valence-corrected chi connectivity index (χ0v) is 16.2. The van der Waals surface area contributed by atoms with Crippen molar-refractivity contribution in [3.05, 3.63) is 11.1 Å². The highest BCUT2D eigenvalue weighted by molar-refractivity contribution is 5.92. The number of alkyl halides is 1. The maximum absolute atomic E-state index is 16.2. The van der Waals surface area contributed by atoms with E-state index in [1.165, 1.54) is 0 Å². The summed E-state index contributed by atoms with van der Waals surface area (Å²) in [7, 11) is 0. The number of fused-ring (bicyclic) bond motifs is 4. The Morgan fingerprint density at radius 3 is 2.69 bits per heavy atom. The minimum absolute atomic E-state index is 0.0214. The predicted octanol–water partition coefficient (Wildman–Crippen LogP) is 4.07. The van der Waals surface area contributed by atoms with Crippen molar-refractivity contribution < 1.29 is 18.7 Å². The van der Waals surface area contributed by atoms with Crippen LogP contribution in [0.25, 0.3) is 0 Å². The Morgan fingerprint density at radius 2 is 1.96 bits per heavy atom. The number of halogens is 1. The number of hydrogen-bond donors (Lipinski definition) is 0. The van der Waals surface area contributed by atoms with E-state index < -0.39 is 11.8 Å². The van der Waals surface area contributed by atoms with E-state index in [-0.39, 0.29) is 28.1 Å². The first-order valence-corrected chi connectivity index (χ1v) is 10.4. The molecule has 0 aromatic carbocycles. The number of cyclic esters (lactones) is 1. The van der Waals surface area contributed by atoms with Crippen molar-refractivity contribution in [3.8, 4) is 0 Å². The van der Waals surface area contributed by atoms with Gasteiger partial charge in [-0.3, -0.25) is 0 Å². The molecular formula is C22H29FO3. The minimum atomic E-state index is -0.881. The van der Waals surface area contributed by atoms with Gasteiger partial charge in [0.05, 0.1) is 6.61 Å². The van der Waals surface area contributed by atoms with E-state index >= 15 is 4.39 Å². The summed E-state index contributed by atoms with van der Waals surface area (Å²) in [5.41, 5.74) is 1.18. The van der Waals surface area contributed by atoms with Crippen molar-refractivity contribution in [1.29, 1.82) is 0 Å². The van der Waals surface area contributed by atoms with Gasteiger partial charge in [-0.25, -0.2) is 9.18 Å². The second-order valence-electron chi connectivity index (χ2n) is 10.7. The molecule has 3 nitrogen and oxygen atoms in total. The van der Waals surface area contributed by atoms with Gasteiger partial charge < -0.3 is 9.47 Å². The molecule has 0 bridgehead atoms. The van der Waals surface area contributed by atoms with Crippen molar-refractivity contribution in [2.75, 3.05) is 13.2 Å². The number of carbonyl (C=O) groups is 1. The molecule has 2 aliphatic heterocycles. The van der Waals surface area contributed by atoms with Crippen LogP contribution in [-0.2, 0) is 14.3 Å². The van der Waals surface area contributed by atoms with Crippen molar-refractivity contribution in [2.45, 2.75) is 65.2 Å². The molecule has 2 heterocycles. The Labute approximate surface area is 154 Å². The third kappa shape index (κ3) is 1.33. The molecule has 1 saturated heterocycles. The highest BCUT2D eigenvalue weighted by Gasteiger charge is 2.90. The topological polar surface area (TPSA) is 35.5 Å². The molecule has 3 saturated carbocycles. The summed E-state index contributed by atoms with van der Waals surface area (Å²) in [5.74, 6) is 1.58. The Hall–Kier alpha value is -0.900. The molecular weight excluding hydrogens is 331 g/mol. The highest BCUT2D eigenvalue weighted by Crippen LogP contribution is 2.89. The van der Waals surface area contributed by atoms with Gasteiger partial charge in [-0.1, -0.05) is 20.8 Å². The molecule has 0 radical (unpaired) electrons. The van der Waals surface area contributed by atoms with Crippen molar-refractivity contribution in [3.63, 3.8) is 0 Å². The van der Waals surface area contributed by atoms with Crippen LogP contribution in [0.5, 0.6) is 0 Å². The van der Waals surface area contributed by atoms with Gasteiger partial charge in [0, 0.05) is 22.3 Å². The zero-order valence-electron chi connectivity index (χ0n) is 16.2. The van der Waals surface area contributed by atoms with Crippen molar-refractivity contribution >= 4 is 5.97 Å². The summed E-state index contributed by atoms with van der Waals surface area (Å²) in [6, 6.07) is 0. The lowest BCUT2D eigenvalue weighted by Crippen LogP contribution is -2.67. The number of esters is 1. The summed E-state index contributed by atoms with van der Waals surface area (Å²) in [4.78, 5) is 12.1. The van der Waals surface area contributed by atoms with E-state index in [9.17, 15) is 4.79 Å². The van der Waals surface area contributed by atoms with E-state index in [0.29, 0.717) is 31.0 Å². The first kappa shape index (κ1) is 16.1. The summed E-state index contributed by atoms with van der Waals surface area (Å²) in [6.45, 7) is 9.81. The molecule has 0 N–H and O–H groups in total. The van der Waals surface area contributed by atoms with Gasteiger partial charge in [0.15, 0.2) is 0 Å². The number of ether oxygens (including phenoxy) is 2. The average Bonchev–Trinajstić information content (AvgIpc) is 3.46. The maximum atomic E-state index is 16.2. The van der Waals surface area contributed by atoms with Crippen LogP contribution in [0.4, 0.5) is 4.39 Å². The average molecular weight is 360 g/mol. The lowest BCUT2D eigenvalue weighted by Gasteiger charge is -2.62. The van der Waals surface area contributed by atoms with E-state index in [1.54, 1.807) is 0 Å². The molecule has 0 aromatic heterocycles. The molecule has 4 heteroatoms. The van der Waals surface area contributed by atoms with Gasteiger partial charge in [0.2, 0.25) is 0 Å². The van der Waals surface area contributed by atoms with Crippen LogP contribution in [0.2, 0.25) is 0 Å². The smallest absolute Gasteiger partial charge is 0.334 e. The maximum Gasteiger partial charge on any atom is 0.334 e. The second kappa shape index (κ2) is 4.24. The van der Waals surface area contributed by atoms with Crippen LogP contribution in [-0.4, -0.2) is 31.0 Å². The molecule has 26 heavy (non-hydrogen) atoms. The van der Waals surface area contributed by atoms with E-state index in [1.807, 2.05) is 0 Å². The normalized spacial score (nSPS) is 59.1. The summed E-state index contributed by atoms with van der Waals surface area (Å²) in [5, 5.41) is 0. The third-order valence-corrected chi connectivity index (χ3v) is 10.2. The molecule has 1 spiro atoms. The van der Waals surface area contributed by atoms with Gasteiger partial charge in [0.25, 0.3) is 0 Å². The van der Waals surface area contributed by atoms with Gasteiger partial charge >= 0.3 is 5.97 Å². The van der Waals surface area contributed by atoms with Crippen LogP contribution in [0.15, 0.2) is 11.1 Å². The third-order valence-electron chi connectivity index (χ3n) is 10.2. The van der Waals surface area contributed by atoms with Crippen LogP contribution < -0.4 is 0 Å². The number of rotatable bonds is 1. The fourth-order valence-corrected chi connectivity index (χ4v) is 8.64. The van der Waals surface area contributed by atoms with Gasteiger partial charge in [-0.05, 0) is 61.3 Å². The SMILES string of the molecule is CC(C)[C@]12C[C@H]1[C@@H]1C[C@@]13[C@@]1(C)CCC4=C(COC4=O)[C@@H]1CO[C@]3(C)[C@@H]2F. The molecule has 0 aromatic rings. The fourth-order valence-electron chi connectivity index (χ4n) is 8.64. The van der Waals surface area contributed by atoms with Crippen molar-refractivity contribution in [1.82, 2.24) is 0 Å². The van der Waals surface area contributed by atoms with Gasteiger partial charge in [-0.15, -0.1) is 0 Å². The summed E-state index contributed by atoms with van der Waals surface area (Å²) in [6.07, 6.45) is 3.02. The number of hydrogen-bond acceptors (Lipinski definition) is 3. The molecule has 142 valence electrons. The molecule has 6 rings (SSSR count). The highest BCUT2D eigenvalue weighted by atomic mass is 19.1. The summed E-state index contributed by atoms with van der Waals surface area (Å²) < 4.78 is 28.0. The van der Waals surface area contributed by atoms with E-state index in [4.69, 9.17) is 9.47 Å². The standard InChI is InChI=1S/C22H29FO3/c1-11(2)21-7-14(21)15-8-22(15)19(3)6-5-12-13(9-25-17(12)24)16(19)10-26-20(22,4)18(21)23/h11,14-16,18H,5-10H2,1-4H3/t14-,15-,16-,18-,19-,20+,21+,22-/m0/s1.